The first kappa shape index (κ1) is 14.3. The molecule has 0 aromatic heterocycles. The van der Waals surface area contributed by atoms with Gasteiger partial charge >= 0.3 is 0 Å². The maximum absolute atomic E-state index is 9.34. The molecule has 4 heteroatoms. The zero-order valence-corrected chi connectivity index (χ0v) is 12.0. The molecule has 19 heavy (non-hydrogen) atoms. The van der Waals surface area contributed by atoms with Crippen LogP contribution in [0.5, 0.6) is 0 Å². The molecule has 0 bridgehead atoms. The highest BCUT2D eigenvalue weighted by Gasteiger charge is 2.33. The van der Waals surface area contributed by atoms with Gasteiger partial charge in [-0.15, -0.1) is 0 Å². The third kappa shape index (κ3) is 3.47. The van der Waals surface area contributed by atoms with Crippen molar-refractivity contribution in [2.45, 2.75) is 38.5 Å². The minimum atomic E-state index is -0.245. The normalized spacial score (nSPS) is 24.3. The van der Waals surface area contributed by atoms with E-state index in [4.69, 9.17) is 10.5 Å². The number of hydrogen-bond acceptors (Lipinski definition) is 4. The van der Waals surface area contributed by atoms with Crippen LogP contribution in [0, 0.1) is 0 Å². The Morgan fingerprint density at radius 3 is 2.58 bits per heavy atom. The van der Waals surface area contributed by atoms with E-state index < -0.39 is 0 Å². The van der Waals surface area contributed by atoms with E-state index in [9.17, 15) is 5.11 Å². The van der Waals surface area contributed by atoms with Crippen molar-refractivity contribution >= 4 is 5.69 Å². The number of morpholine rings is 1. The fraction of sp³-hybridized carbons (Fsp3) is 0.600. The predicted octanol–water partition coefficient (Wildman–Crippen LogP) is 1.68. The SMILES string of the molecule is C[C@@H](N)c1ccc(N2CC(CO)OC(C)(C)C2)cc1. The van der Waals surface area contributed by atoms with Crippen LogP contribution in [0.3, 0.4) is 0 Å². The summed E-state index contributed by atoms with van der Waals surface area (Å²) in [7, 11) is 0. The van der Waals surface area contributed by atoms with Crippen LogP contribution in [-0.4, -0.2) is 36.5 Å². The van der Waals surface area contributed by atoms with E-state index in [0.717, 1.165) is 24.3 Å². The largest absolute Gasteiger partial charge is 0.394 e. The van der Waals surface area contributed by atoms with Crippen LogP contribution in [0.1, 0.15) is 32.4 Å². The highest BCUT2D eigenvalue weighted by Crippen LogP contribution is 2.26. The number of aliphatic hydroxyl groups is 1. The molecule has 1 saturated heterocycles. The molecule has 1 aromatic rings. The molecule has 4 nitrogen and oxygen atoms in total. The second-order valence-electron chi connectivity index (χ2n) is 5.94. The van der Waals surface area contributed by atoms with E-state index >= 15 is 0 Å². The molecule has 2 atom stereocenters. The lowest BCUT2D eigenvalue weighted by Crippen LogP contribution is -2.54. The van der Waals surface area contributed by atoms with E-state index in [2.05, 4.69) is 43.0 Å². The molecule has 1 aliphatic rings. The quantitative estimate of drug-likeness (QED) is 0.872. The standard InChI is InChI=1S/C15H24N2O2/c1-11(16)12-4-6-13(7-5-12)17-8-14(9-18)19-15(2,3)10-17/h4-7,11,14,18H,8-10,16H2,1-3H3/t11-,14?/m1/s1. The minimum absolute atomic E-state index is 0.0534. The fourth-order valence-corrected chi connectivity index (χ4v) is 2.58. The second kappa shape index (κ2) is 5.49. The maximum atomic E-state index is 9.34. The first-order valence-electron chi connectivity index (χ1n) is 6.80. The Morgan fingerprint density at radius 2 is 2.05 bits per heavy atom. The van der Waals surface area contributed by atoms with E-state index in [-0.39, 0.29) is 24.4 Å². The summed E-state index contributed by atoms with van der Waals surface area (Å²) < 4.78 is 5.82. The number of ether oxygens (including phenoxy) is 1. The van der Waals surface area contributed by atoms with E-state index in [1.807, 2.05) is 6.92 Å². The average molecular weight is 264 g/mol. The van der Waals surface area contributed by atoms with Crippen LogP contribution in [0.4, 0.5) is 5.69 Å². The van der Waals surface area contributed by atoms with Gasteiger partial charge in [0.15, 0.2) is 0 Å². The molecule has 1 aromatic carbocycles. The Labute approximate surface area is 115 Å². The molecular weight excluding hydrogens is 240 g/mol. The van der Waals surface area contributed by atoms with Gasteiger partial charge in [0.1, 0.15) is 0 Å². The van der Waals surface area contributed by atoms with Gasteiger partial charge in [-0.05, 0) is 38.5 Å². The lowest BCUT2D eigenvalue weighted by molar-refractivity contribution is -0.101. The molecule has 0 amide bonds. The van der Waals surface area contributed by atoms with Gasteiger partial charge in [-0.3, -0.25) is 0 Å². The number of nitrogens with zero attached hydrogens (tertiary/aromatic N) is 1. The Morgan fingerprint density at radius 1 is 1.42 bits per heavy atom. The van der Waals surface area contributed by atoms with Gasteiger partial charge in [-0.1, -0.05) is 12.1 Å². The number of aliphatic hydroxyl groups excluding tert-OH is 1. The van der Waals surface area contributed by atoms with Crippen molar-refractivity contribution in [3.05, 3.63) is 29.8 Å². The topological polar surface area (TPSA) is 58.7 Å². The summed E-state index contributed by atoms with van der Waals surface area (Å²) in [5.41, 5.74) is 7.90. The van der Waals surface area contributed by atoms with Crippen molar-refractivity contribution in [2.75, 3.05) is 24.6 Å². The van der Waals surface area contributed by atoms with E-state index in [1.165, 1.54) is 0 Å². The number of benzene rings is 1. The predicted molar refractivity (Wildman–Crippen MR) is 77.3 cm³/mol. The molecule has 1 aliphatic heterocycles. The highest BCUT2D eigenvalue weighted by molar-refractivity contribution is 5.49. The number of nitrogens with two attached hydrogens (primary N) is 1. The third-order valence-electron chi connectivity index (χ3n) is 3.47. The van der Waals surface area contributed by atoms with Gasteiger partial charge in [0.2, 0.25) is 0 Å². The highest BCUT2D eigenvalue weighted by atomic mass is 16.5. The minimum Gasteiger partial charge on any atom is -0.394 e. The summed E-state index contributed by atoms with van der Waals surface area (Å²) in [5.74, 6) is 0. The van der Waals surface area contributed by atoms with Crippen LogP contribution >= 0.6 is 0 Å². The van der Waals surface area contributed by atoms with Crippen LogP contribution < -0.4 is 10.6 Å². The van der Waals surface area contributed by atoms with Crippen molar-refractivity contribution in [1.29, 1.82) is 0 Å². The monoisotopic (exact) mass is 264 g/mol. The summed E-state index contributed by atoms with van der Waals surface area (Å²) in [4.78, 5) is 2.26. The van der Waals surface area contributed by atoms with Gasteiger partial charge in [-0.2, -0.15) is 0 Å². The molecule has 0 saturated carbocycles. The van der Waals surface area contributed by atoms with Crippen molar-refractivity contribution in [3.63, 3.8) is 0 Å². The van der Waals surface area contributed by atoms with Gasteiger partial charge in [-0.25, -0.2) is 0 Å². The molecule has 1 fully saturated rings. The van der Waals surface area contributed by atoms with E-state index in [1.54, 1.807) is 0 Å². The number of anilines is 1. The van der Waals surface area contributed by atoms with Gasteiger partial charge < -0.3 is 20.5 Å². The van der Waals surface area contributed by atoms with Crippen LogP contribution in [-0.2, 0) is 4.74 Å². The molecule has 106 valence electrons. The molecule has 0 aliphatic carbocycles. The van der Waals surface area contributed by atoms with Crippen LogP contribution in [0.15, 0.2) is 24.3 Å². The van der Waals surface area contributed by atoms with Gasteiger partial charge in [0.05, 0.1) is 18.3 Å². The molecule has 3 N–H and O–H groups in total. The molecule has 0 radical (unpaired) electrons. The summed E-state index contributed by atoms with van der Waals surface area (Å²) in [6, 6.07) is 8.37. The Balaban J connectivity index is 2.16. The summed E-state index contributed by atoms with van der Waals surface area (Å²) in [6.45, 7) is 7.68. The molecule has 1 heterocycles. The van der Waals surface area contributed by atoms with Gasteiger partial charge in [0, 0.05) is 24.8 Å². The summed E-state index contributed by atoms with van der Waals surface area (Å²) in [5, 5.41) is 9.34. The smallest absolute Gasteiger partial charge is 0.0988 e. The second-order valence-corrected chi connectivity index (χ2v) is 5.94. The number of rotatable bonds is 3. The van der Waals surface area contributed by atoms with E-state index in [0.29, 0.717) is 0 Å². The van der Waals surface area contributed by atoms with Crippen molar-refractivity contribution in [2.24, 2.45) is 5.73 Å². The lowest BCUT2D eigenvalue weighted by Gasteiger charge is -2.43. The molecule has 0 spiro atoms. The molecular formula is C15H24N2O2. The lowest BCUT2D eigenvalue weighted by atomic mass is 10.0. The Bertz CT molecular complexity index is 415. The molecule has 1 unspecified atom stereocenters. The first-order chi connectivity index (χ1) is 8.91. The van der Waals surface area contributed by atoms with Crippen molar-refractivity contribution < 1.29 is 9.84 Å². The summed E-state index contributed by atoms with van der Waals surface area (Å²) in [6.07, 6.45) is -0.128. The first-order valence-corrected chi connectivity index (χ1v) is 6.80. The van der Waals surface area contributed by atoms with Crippen molar-refractivity contribution in [3.8, 4) is 0 Å². The zero-order valence-electron chi connectivity index (χ0n) is 12.0. The maximum Gasteiger partial charge on any atom is 0.0988 e. The number of hydrogen-bond donors (Lipinski definition) is 2. The third-order valence-corrected chi connectivity index (χ3v) is 3.47. The average Bonchev–Trinajstić information content (AvgIpc) is 2.37. The van der Waals surface area contributed by atoms with Crippen LogP contribution in [0.25, 0.3) is 0 Å². The Kier molecular flexibility index (Phi) is 4.13. The molecule has 2 rings (SSSR count). The van der Waals surface area contributed by atoms with Crippen molar-refractivity contribution in [1.82, 2.24) is 0 Å². The fourth-order valence-electron chi connectivity index (χ4n) is 2.58. The Hall–Kier alpha value is -1.10. The van der Waals surface area contributed by atoms with Gasteiger partial charge in [0.25, 0.3) is 0 Å². The zero-order chi connectivity index (χ0) is 14.0. The summed E-state index contributed by atoms with van der Waals surface area (Å²) >= 11 is 0. The van der Waals surface area contributed by atoms with Crippen LogP contribution in [0.2, 0.25) is 0 Å².